The van der Waals surface area contributed by atoms with Gasteiger partial charge in [-0.3, -0.25) is 10.1 Å². The third-order valence-corrected chi connectivity index (χ3v) is 5.29. The van der Waals surface area contributed by atoms with Gasteiger partial charge in [0.15, 0.2) is 0 Å². The molecule has 9 heteroatoms. The number of nitro groups is 1. The fourth-order valence-electron chi connectivity index (χ4n) is 2.23. The minimum absolute atomic E-state index is 0.306. The molecule has 20 heavy (non-hydrogen) atoms. The van der Waals surface area contributed by atoms with Crippen LogP contribution in [0.2, 0.25) is 0 Å². The Kier molecular flexibility index (Phi) is 4.31. The Morgan fingerprint density at radius 3 is 2.65 bits per heavy atom. The van der Waals surface area contributed by atoms with Crippen molar-refractivity contribution >= 4 is 15.7 Å². The molecule has 1 saturated heterocycles. The minimum atomic E-state index is -3.93. The molecule has 0 aliphatic carbocycles. The Morgan fingerprint density at radius 1 is 1.45 bits per heavy atom. The van der Waals surface area contributed by atoms with Crippen molar-refractivity contribution < 1.29 is 13.3 Å². The third kappa shape index (κ3) is 2.79. The summed E-state index contributed by atoms with van der Waals surface area (Å²) in [5, 5.41) is 10.4. The standard InChI is InChI=1S/C11H16N4O4S/c12-8-9-3-6-14(7-4-9)20(18,19)11-10(15(16)17)2-1-5-13-11/h1-2,5,9H,3-4,6-8,12H2. The first-order valence-corrected chi connectivity index (χ1v) is 7.70. The van der Waals surface area contributed by atoms with E-state index < -0.39 is 25.7 Å². The summed E-state index contributed by atoms with van der Waals surface area (Å²) in [5.41, 5.74) is 5.07. The summed E-state index contributed by atoms with van der Waals surface area (Å²) in [6, 6.07) is 2.49. The van der Waals surface area contributed by atoms with Crippen molar-refractivity contribution in [1.82, 2.24) is 9.29 Å². The number of sulfonamides is 1. The number of aromatic nitrogens is 1. The summed E-state index contributed by atoms with van der Waals surface area (Å²) in [5.74, 6) is 0.306. The van der Waals surface area contributed by atoms with Gasteiger partial charge >= 0.3 is 5.69 Å². The van der Waals surface area contributed by atoms with Crippen LogP contribution < -0.4 is 5.73 Å². The van der Waals surface area contributed by atoms with E-state index in [0.717, 1.165) is 6.07 Å². The van der Waals surface area contributed by atoms with Crippen LogP contribution >= 0.6 is 0 Å². The van der Waals surface area contributed by atoms with Gasteiger partial charge in [0.2, 0.25) is 5.03 Å². The quantitative estimate of drug-likeness (QED) is 0.633. The van der Waals surface area contributed by atoms with Gasteiger partial charge in [-0.2, -0.15) is 4.31 Å². The zero-order valence-electron chi connectivity index (χ0n) is 10.8. The van der Waals surface area contributed by atoms with E-state index in [4.69, 9.17) is 5.73 Å². The van der Waals surface area contributed by atoms with E-state index in [1.807, 2.05) is 0 Å². The molecule has 2 N–H and O–H groups in total. The normalized spacial score (nSPS) is 18.1. The molecule has 1 aliphatic heterocycles. The van der Waals surface area contributed by atoms with E-state index in [-0.39, 0.29) is 0 Å². The average Bonchev–Trinajstić information content (AvgIpc) is 2.47. The van der Waals surface area contributed by atoms with E-state index in [2.05, 4.69) is 4.98 Å². The summed E-state index contributed by atoms with van der Waals surface area (Å²) < 4.78 is 26.1. The molecule has 0 spiro atoms. The van der Waals surface area contributed by atoms with Crippen molar-refractivity contribution in [3.63, 3.8) is 0 Å². The maximum Gasteiger partial charge on any atom is 0.308 e. The van der Waals surface area contributed by atoms with Gasteiger partial charge in [0.25, 0.3) is 10.0 Å². The molecule has 2 heterocycles. The largest absolute Gasteiger partial charge is 0.330 e. The Morgan fingerprint density at radius 2 is 2.10 bits per heavy atom. The van der Waals surface area contributed by atoms with Gasteiger partial charge in [0.1, 0.15) is 0 Å². The van der Waals surface area contributed by atoms with Gasteiger partial charge < -0.3 is 5.73 Å². The number of hydrogen-bond donors (Lipinski definition) is 1. The lowest BCUT2D eigenvalue weighted by Gasteiger charge is -2.29. The summed E-state index contributed by atoms with van der Waals surface area (Å²) in [7, 11) is -3.93. The first-order valence-electron chi connectivity index (χ1n) is 6.26. The molecule has 0 amide bonds. The molecular weight excluding hydrogens is 284 g/mol. The highest BCUT2D eigenvalue weighted by atomic mass is 32.2. The molecule has 0 radical (unpaired) electrons. The summed E-state index contributed by atoms with van der Waals surface area (Å²) in [6.07, 6.45) is 2.57. The molecule has 0 atom stereocenters. The Bertz CT molecular complexity index is 596. The Labute approximate surface area is 116 Å². The molecule has 1 aliphatic rings. The maximum absolute atomic E-state index is 12.4. The van der Waals surface area contributed by atoms with Gasteiger partial charge in [0.05, 0.1) is 4.92 Å². The molecule has 2 rings (SSSR count). The van der Waals surface area contributed by atoms with Crippen molar-refractivity contribution in [1.29, 1.82) is 0 Å². The van der Waals surface area contributed by atoms with Crippen LogP contribution in [0.1, 0.15) is 12.8 Å². The van der Waals surface area contributed by atoms with E-state index in [1.54, 1.807) is 0 Å². The first kappa shape index (κ1) is 14.8. The van der Waals surface area contributed by atoms with Crippen LogP contribution in [0.15, 0.2) is 23.4 Å². The van der Waals surface area contributed by atoms with E-state index in [1.165, 1.54) is 16.6 Å². The molecule has 1 aromatic heterocycles. The molecule has 0 bridgehead atoms. The van der Waals surface area contributed by atoms with Crippen molar-refractivity contribution in [2.45, 2.75) is 17.9 Å². The highest BCUT2D eigenvalue weighted by Crippen LogP contribution is 2.27. The average molecular weight is 300 g/mol. The molecule has 110 valence electrons. The number of hydrogen-bond acceptors (Lipinski definition) is 6. The number of piperidine rings is 1. The highest BCUT2D eigenvalue weighted by molar-refractivity contribution is 7.89. The van der Waals surface area contributed by atoms with Crippen LogP contribution in [0.5, 0.6) is 0 Å². The molecule has 1 aromatic rings. The van der Waals surface area contributed by atoms with Crippen LogP contribution in [0.3, 0.4) is 0 Å². The molecule has 0 aromatic carbocycles. The van der Waals surface area contributed by atoms with Crippen LogP contribution in [0.25, 0.3) is 0 Å². The van der Waals surface area contributed by atoms with Gasteiger partial charge in [0, 0.05) is 25.4 Å². The SMILES string of the molecule is NCC1CCN(S(=O)(=O)c2ncccc2[N+](=O)[O-])CC1. The lowest BCUT2D eigenvalue weighted by molar-refractivity contribution is -0.388. The highest BCUT2D eigenvalue weighted by Gasteiger charge is 2.35. The predicted octanol–water partition coefficient (Wildman–Crippen LogP) is 0.349. The van der Waals surface area contributed by atoms with Crippen LogP contribution in [-0.4, -0.2) is 42.3 Å². The van der Waals surface area contributed by atoms with E-state index >= 15 is 0 Å². The zero-order chi connectivity index (χ0) is 14.8. The Hall–Kier alpha value is -1.58. The smallest absolute Gasteiger partial charge is 0.308 e. The van der Waals surface area contributed by atoms with E-state index in [9.17, 15) is 18.5 Å². The van der Waals surface area contributed by atoms with Crippen molar-refractivity contribution in [3.05, 3.63) is 28.4 Å². The first-order chi connectivity index (χ1) is 9.46. The number of nitrogens with two attached hydrogens (primary N) is 1. The number of pyridine rings is 1. The van der Waals surface area contributed by atoms with Crippen molar-refractivity contribution in [3.8, 4) is 0 Å². The number of rotatable bonds is 4. The van der Waals surface area contributed by atoms with Crippen LogP contribution in [0, 0.1) is 16.0 Å². The van der Waals surface area contributed by atoms with Gasteiger partial charge in [-0.15, -0.1) is 0 Å². The lowest BCUT2D eigenvalue weighted by Crippen LogP contribution is -2.40. The van der Waals surface area contributed by atoms with Crippen molar-refractivity contribution in [2.75, 3.05) is 19.6 Å². The van der Waals surface area contributed by atoms with Gasteiger partial charge in [-0.1, -0.05) is 0 Å². The minimum Gasteiger partial charge on any atom is -0.330 e. The maximum atomic E-state index is 12.4. The predicted molar refractivity (Wildman–Crippen MR) is 71.4 cm³/mol. The fourth-order valence-corrected chi connectivity index (χ4v) is 3.76. The second kappa shape index (κ2) is 5.81. The second-order valence-electron chi connectivity index (χ2n) is 4.67. The summed E-state index contributed by atoms with van der Waals surface area (Å²) in [6.45, 7) is 1.16. The molecule has 8 nitrogen and oxygen atoms in total. The molecule has 0 saturated carbocycles. The summed E-state index contributed by atoms with van der Waals surface area (Å²) in [4.78, 5) is 13.9. The van der Waals surface area contributed by atoms with Crippen LogP contribution in [-0.2, 0) is 10.0 Å². The van der Waals surface area contributed by atoms with Gasteiger partial charge in [-0.25, -0.2) is 13.4 Å². The fraction of sp³-hybridized carbons (Fsp3) is 0.545. The zero-order valence-corrected chi connectivity index (χ0v) is 11.6. The molecular formula is C11H16N4O4S. The van der Waals surface area contributed by atoms with E-state index in [0.29, 0.717) is 38.4 Å². The lowest BCUT2D eigenvalue weighted by atomic mass is 9.99. The molecule has 1 fully saturated rings. The van der Waals surface area contributed by atoms with Crippen LogP contribution in [0.4, 0.5) is 5.69 Å². The van der Waals surface area contributed by atoms with Gasteiger partial charge in [-0.05, 0) is 31.4 Å². The summed E-state index contributed by atoms with van der Waals surface area (Å²) >= 11 is 0. The Balaban J connectivity index is 2.30. The number of nitrogens with zero attached hydrogens (tertiary/aromatic N) is 3. The topological polar surface area (TPSA) is 119 Å². The van der Waals surface area contributed by atoms with Crippen molar-refractivity contribution in [2.24, 2.45) is 11.7 Å². The monoisotopic (exact) mass is 300 g/mol. The third-order valence-electron chi connectivity index (χ3n) is 3.44. The second-order valence-corrected chi connectivity index (χ2v) is 6.52. The molecule has 0 unspecified atom stereocenters.